The van der Waals surface area contributed by atoms with Gasteiger partial charge in [0.05, 0.1) is 32.8 Å². The molecule has 0 amide bonds. The maximum atomic E-state index is 7.20. The predicted octanol–water partition coefficient (Wildman–Crippen LogP) is 17.0. The number of fused-ring (bicyclic) bond motifs is 17. The van der Waals surface area contributed by atoms with Gasteiger partial charge in [-0.3, -0.25) is 0 Å². The van der Waals surface area contributed by atoms with Gasteiger partial charge in [-0.2, -0.15) is 0 Å². The lowest BCUT2D eigenvalue weighted by atomic mass is 10.1. The Hall–Kier alpha value is -9.00. The van der Waals surface area contributed by atoms with Crippen molar-refractivity contribution in [3.63, 3.8) is 0 Å². The molecule has 0 saturated carbocycles. The van der Waals surface area contributed by atoms with Crippen LogP contribution in [0, 0.1) is 0 Å². The molecule has 0 N–H and O–H groups in total. The van der Waals surface area contributed by atoms with Crippen LogP contribution >= 0.6 is 0 Å². The third kappa shape index (κ3) is 4.90. The zero-order valence-corrected chi connectivity index (χ0v) is 35.3. The molecule has 0 atom stereocenters. The van der Waals surface area contributed by atoms with Crippen LogP contribution in [-0.2, 0) is 0 Å². The highest BCUT2D eigenvalue weighted by atomic mass is 16.3. The van der Waals surface area contributed by atoms with Crippen LogP contribution in [-0.4, -0.2) is 9.13 Å². The van der Waals surface area contributed by atoms with Crippen molar-refractivity contribution in [2.45, 2.75) is 0 Å². The molecule has 0 aliphatic carbocycles. The molecule has 66 heavy (non-hydrogen) atoms. The second-order valence-electron chi connectivity index (χ2n) is 17.2. The highest BCUT2D eigenvalue weighted by molar-refractivity contribution is 6.29. The molecule has 15 aromatic rings. The van der Waals surface area contributed by atoms with Crippen molar-refractivity contribution in [1.29, 1.82) is 0 Å². The molecule has 0 fully saturated rings. The molecule has 6 heteroatoms. The molecule has 0 bridgehead atoms. The van der Waals surface area contributed by atoms with Crippen molar-refractivity contribution in [3.8, 4) is 11.4 Å². The third-order valence-electron chi connectivity index (χ3n) is 13.7. The van der Waals surface area contributed by atoms with E-state index in [1.165, 1.54) is 5.39 Å². The first-order chi connectivity index (χ1) is 32.7. The van der Waals surface area contributed by atoms with Crippen molar-refractivity contribution in [1.82, 2.24) is 9.13 Å². The molecule has 10 aromatic carbocycles. The molecule has 0 aliphatic heterocycles. The van der Waals surface area contributed by atoms with Crippen LogP contribution in [0.5, 0.6) is 0 Å². The lowest BCUT2D eigenvalue weighted by molar-refractivity contribution is 0.668. The maximum Gasteiger partial charge on any atom is 0.145 e. The minimum atomic E-state index is 0.861. The molecule has 5 heterocycles. The van der Waals surface area contributed by atoms with Gasteiger partial charge >= 0.3 is 0 Å². The first-order valence-electron chi connectivity index (χ1n) is 22.3. The van der Waals surface area contributed by atoms with Crippen LogP contribution in [0.3, 0.4) is 0 Å². The molecular weight excluding hydrogens is 811 g/mol. The average molecular weight is 846 g/mol. The number of anilines is 3. The second-order valence-corrected chi connectivity index (χ2v) is 17.2. The number of hydrogen-bond acceptors (Lipinski definition) is 4. The van der Waals surface area contributed by atoms with E-state index in [0.717, 1.165) is 132 Å². The molecule has 0 radical (unpaired) electrons. The number of para-hydroxylation sites is 5. The van der Waals surface area contributed by atoms with E-state index < -0.39 is 0 Å². The van der Waals surface area contributed by atoms with Crippen LogP contribution in [0.4, 0.5) is 17.1 Å². The number of rotatable bonds is 5. The lowest BCUT2D eigenvalue weighted by Crippen LogP contribution is -2.10. The number of furan rings is 3. The monoisotopic (exact) mass is 845 g/mol. The number of nitrogens with zero attached hydrogens (tertiary/aromatic N) is 3. The first-order valence-corrected chi connectivity index (χ1v) is 22.3. The highest BCUT2D eigenvalue weighted by Gasteiger charge is 2.23. The van der Waals surface area contributed by atoms with E-state index in [2.05, 4.69) is 202 Å². The SMILES string of the molecule is c1ccc(-n2c3ccccc3c3c4oc5c(ccc6c5c5ccccc5n6-c5ccc(N(c6ccc7oc8ccccc8c7c6)c6ccc7oc8ccccc8c7c6)cc5)c4ccc32)cc1. The summed E-state index contributed by atoms with van der Waals surface area (Å²) in [7, 11) is 0. The second kappa shape index (κ2) is 13.3. The Morgan fingerprint density at radius 1 is 0.273 bits per heavy atom. The van der Waals surface area contributed by atoms with Gasteiger partial charge in [0, 0.05) is 71.5 Å². The predicted molar refractivity (Wildman–Crippen MR) is 272 cm³/mol. The van der Waals surface area contributed by atoms with E-state index in [9.17, 15) is 0 Å². The Bertz CT molecular complexity index is 4350. The van der Waals surface area contributed by atoms with Gasteiger partial charge in [-0.15, -0.1) is 0 Å². The fourth-order valence-electron chi connectivity index (χ4n) is 10.8. The fourth-order valence-corrected chi connectivity index (χ4v) is 10.8. The van der Waals surface area contributed by atoms with Gasteiger partial charge in [0.15, 0.2) is 0 Å². The molecule has 0 saturated heterocycles. The smallest absolute Gasteiger partial charge is 0.145 e. The van der Waals surface area contributed by atoms with E-state index >= 15 is 0 Å². The van der Waals surface area contributed by atoms with Crippen LogP contribution in [0.25, 0.3) is 121 Å². The van der Waals surface area contributed by atoms with Crippen LogP contribution in [0.15, 0.2) is 226 Å². The van der Waals surface area contributed by atoms with Gasteiger partial charge in [-0.1, -0.05) is 91.0 Å². The summed E-state index contributed by atoms with van der Waals surface area (Å²) in [5.41, 5.74) is 15.0. The summed E-state index contributed by atoms with van der Waals surface area (Å²) in [6.45, 7) is 0. The van der Waals surface area contributed by atoms with Gasteiger partial charge in [-0.05, 0) is 121 Å². The first kappa shape index (κ1) is 35.5. The Labute approximate surface area is 375 Å². The van der Waals surface area contributed by atoms with Crippen molar-refractivity contribution in [2.24, 2.45) is 0 Å². The van der Waals surface area contributed by atoms with Gasteiger partial charge in [0.1, 0.15) is 33.5 Å². The van der Waals surface area contributed by atoms with Gasteiger partial charge in [0.25, 0.3) is 0 Å². The number of benzene rings is 10. The largest absolute Gasteiger partial charge is 0.456 e. The Morgan fingerprint density at radius 2 is 0.697 bits per heavy atom. The lowest BCUT2D eigenvalue weighted by Gasteiger charge is -2.26. The molecular formula is C60H35N3O3. The van der Waals surface area contributed by atoms with E-state index in [1.54, 1.807) is 0 Å². The molecule has 15 rings (SSSR count). The summed E-state index contributed by atoms with van der Waals surface area (Å²) in [6.07, 6.45) is 0. The van der Waals surface area contributed by atoms with Crippen molar-refractivity contribution >= 4 is 126 Å². The topological polar surface area (TPSA) is 52.5 Å². The third-order valence-corrected chi connectivity index (χ3v) is 13.7. The summed E-state index contributed by atoms with van der Waals surface area (Å²) in [5.74, 6) is 0. The van der Waals surface area contributed by atoms with E-state index in [0.29, 0.717) is 0 Å². The van der Waals surface area contributed by atoms with Crippen molar-refractivity contribution < 1.29 is 13.3 Å². The van der Waals surface area contributed by atoms with E-state index in [-0.39, 0.29) is 0 Å². The van der Waals surface area contributed by atoms with Crippen LogP contribution in [0.1, 0.15) is 0 Å². The highest BCUT2D eigenvalue weighted by Crippen LogP contribution is 2.46. The Kier molecular flexibility index (Phi) is 7.13. The Balaban J connectivity index is 0.921. The summed E-state index contributed by atoms with van der Waals surface area (Å²) in [5, 5.41) is 11.1. The van der Waals surface area contributed by atoms with E-state index in [4.69, 9.17) is 13.3 Å². The average Bonchev–Trinajstić information content (AvgIpc) is 4.19. The summed E-state index contributed by atoms with van der Waals surface area (Å²) in [6, 6.07) is 75.3. The van der Waals surface area contributed by atoms with E-state index in [1.807, 2.05) is 24.3 Å². The minimum Gasteiger partial charge on any atom is -0.456 e. The minimum absolute atomic E-state index is 0.861. The van der Waals surface area contributed by atoms with Crippen LogP contribution in [0.2, 0.25) is 0 Å². The molecule has 0 spiro atoms. The van der Waals surface area contributed by atoms with Crippen molar-refractivity contribution in [2.75, 3.05) is 4.90 Å². The van der Waals surface area contributed by atoms with Gasteiger partial charge in [0.2, 0.25) is 0 Å². The summed E-state index contributed by atoms with van der Waals surface area (Å²) < 4.78 is 24.5. The quantitative estimate of drug-likeness (QED) is 0.173. The van der Waals surface area contributed by atoms with Crippen LogP contribution < -0.4 is 4.90 Å². The normalized spacial score (nSPS) is 12.2. The molecule has 0 unspecified atom stereocenters. The number of aromatic nitrogens is 2. The maximum absolute atomic E-state index is 7.20. The zero-order valence-electron chi connectivity index (χ0n) is 35.3. The molecule has 6 nitrogen and oxygen atoms in total. The molecule has 5 aromatic heterocycles. The molecule has 308 valence electrons. The summed E-state index contributed by atoms with van der Waals surface area (Å²) >= 11 is 0. The van der Waals surface area contributed by atoms with Gasteiger partial charge in [-0.25, -0.2) is 0 Å². The van der Waals surface area contributed by atoms with Crippen molar-refractivity contribution in [3.05, 3.63) is 212 Å². The zero-order chi connectivity index (χ0) is 43.0. The van der Waals surface area contributed by atoms with Gasteiger partial charge < -0.3 is 27.3 Å². The molecule has 0 aliphatic rings. The fraction of sp³-hybridized carbons (Fsp3) is 0. The summed E-state index contributed by atoms with van der Waals surface area (Å²) in [4.78, 5) is 2.32. The number of hydrogen-bond donors (Lipinski definition) is 0. The standard InChI is InChI=1S/C60H35N3O3/c1-2-12-36(13-3-1)62-49-18-8-4-16-45(49)57-51(62)30-28-43-44-29-31-52-58(60(44)66-59(43)57)46-17-5-9-19-50(46)63(52)38-24-22-37(23-25-38)61(39-26-32-55-47(34-39)41-14-6-10-20-53(41)64-55)40-27-33-56-48(35-40)42-15-7-11-21-54(42)65-56/h1-35H. The Morgan fingerprint density at radius 3 is 1.23 bits per heavy atom.